The number of benzene rings is 1. The average molecular weight is 372 g/mol. The number of terminal acetylenes is 1. The van der Waals surface area contributed by atoms with Crippen molar-refractivity contribution in [1.29, 1.82) is 0 Å². The summed E-state index contributed by atoms with van der Waals surface area (Å²) in [4.78, 5) is 21.5. The summed E-state index contributed by atoms with van der Waals surface area (Å²) in [5.41, 5.74) is 6.05. The van der Waals surface area contributed by atoms with E-state index < -0.39 is 0 Å². The van der Waals surface area contributed by atoms with Crippen LogP contribution in [-0.2, 0) is 26.6 Å². The maximum Gasteiger partial charge on any atom is 0.270 e. The molecule has 3 aromatic rings. The molecule has 142 valence electrons. The second-order valence-corrected chi connectivity index (χ2v) is 7.68. The Morgan fingerprint density at radius 2 is 2.07 bits per heavy atom. The van der Waals surface area contributed by atoms with Crippen molar-refractivity contribution in [2.45, 2.75) is 19.5 Å². The van der Waals surface area contributed by atoms with Crippen molar-refractivity contribution in [3.63, 3.8) is 0 Å². The molecule has 0 atom stereocenters. The highest BCUT2D eigenvalue weighted by atomic mass is 16.2. The zero-order valence-electron chi connectivity index (χ0n) is 16.6. The summed E-state index contributed by atoms with van der Waals surface area (Å²) in [6.07, 6.45) is 8.07. The summed E-state index contributed by atoms with van der Waals surface area (Å²) in [6.45, 7) is 2.30. The normalized spacial score (nSPS) is 13.6. The zero-order chi connectivity index (χ0) is 19.8. The third-order valence-electron chi connectivity index (χ3n) is 5.36. The van der Waals surface area contributed by atoms with Crippen LogP contribution in [0, 0.1) is 12.3 Å². The van der Waals surface area contributed by atoms with Gasteiger partial charge in [0.05, 0.1) is 11.7 Å². The quantitative estimate of drug-likeness (QED) is 0.664. The van der Waals surface area contributed by atoms with Gasteiger partial charge in [0.1, 0.15) is 11.4 Å². The molecule has 28 heavy (non-hydrogen) atoms. The molecule has 0 saturated heterocycles. The predicted molar refractivity (Wildman–Crippen MR) is 111 cm³/mol. The van der Waals surface area contributed by atoms with Crippen LogP contribution < -0.4 is 0 Å². The Morgan fingerprint density at radius 1 is 1.25 bits per heavy atom. The summed E-state index contributed by atoms with van der Waals surface area (Å²) < 4.78 is 1.90. The van der Waals surface area contributed by atoms with E-state index in [0.29, 0.717) is 17.9 Å². The van der Waals surface area contributed by atoms with Crippen molar-refractivity contribution >= 4 is 16.8 Å². The molecule has 0 bridgehead atoms. The molecule has 2 aromatic heterocycles. The molecule has 3 heterocycles. The molecule has 1 aromatic carbocycles. The van der Waals surface area contributed by atoms with Gasteiger partial charge in [0, 0.05) is 32.1 Å². The molecular weight excluding hydrogens is 348 g/mol. The number of rotatable bonds is 3. The zero-order valence-corrected chi connectivity index (χ0v) is 16.6. The van der Waals surface area contributed by atoms with Gasteiger partial charge >= 0.3 is 0 Å². The molecule has 0 unspecified atom stereocenters. The number of aryl methyl sites for hydroxylation is 1. The van der Waals surface area contributed by atoms with E-state index in [1.807, 2.05) is 28.6 Å². The van der Waals surface area contributed by atoms with Crippen molar-refractivity contribution in [3.05, 3.63) is 64.6 Å². The number of carbonyl (C=O) groups excluding carboxylic acids is 1. The Hall–Kier alpha value is -3.10. The van der Waals surface area contributed by atoms with Crippen LogP contribution in [0.4, 0.5) is 0 Å². The second-order valence-electron chi connectivity index (χ2n) is 7.68. The highest BCUT2D eigenvalue weighted by molar-refractivity contribution is 5.98. The standard InChI is InChI=1S/C23H24N4O/c1-5-20-11-19-12-21(26(4)22(19)13-24-20)23(28)27-9-8-17-10-16(14-25(2)3)6-7-18(17)15-27/h1,6-7,10-13H,8-9,14-15H2,2-4H3. The lowest BCUT2D eigenvalue weighted by Crippen LogP contribution is -2.36. The van der Waals surface area contributed by atoms with E-state index in [0.717, 1.165) is 30.4 Å². The lowest BCUT2D eigenvalue weighted by Gasteiger charge is -2.29. The van der Waals surface area contributed by atoms with Gasteiger partial charge in [-0.2, -0.15) is 0 Å². The first-order valence-corrected chi connectivity index (χ1v) is 9.43. The maximum atomic E-state index is 13.2. The van der Waals surface area contributed by atoms with Gasteiger partial charge < -0.3 is 14.4 Å². The van der Waals surface area contributed by atoms with Crippen LogP contribution >= 0.6 is 0 Å². The summed E-state index contributed by atoms with van der Waals surface area (Å²) >= 11 is 0. The van der Waals surface area contributed by atoms with E-state index in [-0.39, 0.29) is 5.91 Å². The van der Waals surface area contributed by atoms with Crippen LogP contribution in [0.15, 0.2) is 36.5 Å². The topological polar surface area (TPSA) is 41.4 Å². The molecule has 0 fully saturated rings. The van der Waals surface area contributed by atoms with Gasteiger partial charge in [-0.1, -0.05) is 24.1 Å². The highest BCUT2D eigenvalue weighted by Gasteiger charge is 2.24. The molecule has 0 spiro atoms. The smallest absolute Gasteiger partial charge is 0.270 e. The number of carbonyl (C=O) groups is 1. The molecular formula is C23H24N4O. The Kier molecular flexibility index (Phi) is 4.66. The van der Waals surface area contributed by atoms with Gasteiger partial charge in [-0.15, -0.1) is 6.42 Å². The molecule has 0 radical (unpaired) electrons. The van der Waals surface area contributed by atoms with E-state index in [1.54, 1.807) is 6.20 Å². The Bertz CT molecular complexity index is 1100. The van der Waals surface area contributed by atoms with Crippen LogP contribution in [0.2, 0.25) is 0 Å². The highest BCUT2D eigenvalue weighted by Crippen LogP contribution is 2.25. The SMILES string of the molecule is C#Cc1cc2cc(C(=O)N3CCc4cc(CN(C)C)ccc4C3)n(C)c2cn1. The van der Waals surface area contributed by atoms with E-state index in [2.05, 4.69) is 48.1 Å². The number of amides is 1. The predicted octanol–water partition coefficient (Wildman–Crippen LogP) is 2.81. The van der Waals surface area contributed by atoms with Crippen molar-refractivity contribution in [2.75, 3.05) is 20.6 Å². The van der Waals surface area contributed by atoms with E-state index in [9.17, 15) is 4.79 Å². The minimum Gasteiger partial charge on any atom is -0.338 e. The first-order chi connectivity index (χ1) is 13.5. The number of nitrogens with zero attached hydrogens (tertiary/aromatic N) is 4. The van der Waals surface area contributed by atoms with Gasteiger partial charge in [0.15, 0.2) is 0 Å². The monoisotopic (exact) mass is 372 g/mol. The summed E-state index contributed by atoms with van der Waals surface area (Å²) in [5, 5.41) is 0.944. The van der Waals surface area contributed by atoms with Crippen molar-refractivity contribution in [3.8, 4) is 12.3 Å². The molecule has 5 heteroatoms. The van der Waals surface area contributed by atoms with Crippen molar-refractivity contribution in [2.24, 2.45) is 7.05 Å². The first kappa shape index (κ1) is 18.3. The van der Waals surface area contributed by atoms with Crippen LogP contribution in [0.3, 0.4) is 0 Å². The van der Waals surface area contributed by atoms with Crippen molar-refractivity contribution in [1.82, 2.24) is 19.4 Å². The Balaban J connectivity index is 1.59. The number of fused-ring (bicyclic) bond motifs is 2. The number of aromatic nitrogens is 2. The van der Waals surface area contributed by atoms with Gasteiger partial charge in [-0.25, -0.2) is 4.98 Å². The van der Waals surface area contributed by atoms with Gasteiger partial charge in [-0.3, -0.25) is 4.79 Å². The fourth-order valence-electron chi connectivity index (χ4n) is 3.92. The third kappa shape index (κ3) is 3.28. The first-order valence-electron chi connectivity index (χ1n) is 9.43. The molecule has 0 N–H and O–H groups in total. The molecule has 0 saturated carbocycles. The Labute approximate surface area is 165 Å². The molecule has 5 nitrogen and oxygen atoms in total. The number of hydrogen-bond donors (Lipinski definition) is 0. The van der Waals surface area contributed by atoms with Crippen LogP contribution in [0.1, 0.15) is 32.9 Å². The minimum absolute atomic E-state index is 0.0453. The molecule has 4 rings (SSSR count). The lowest BCUT2D eigenvalue weighted by molar-refractivity contribution is 0.0725. The third-order valence-corrected chi connectivity index (χ3v) is 5.36. The Morgan fingerprint density at radius 3 is 2.82 bits per heavy atom. The molecule has 0 aliphatic carbocycles. The fraction of sp³-hybridized carbons (Fsp3) is 0.304. The largest absolute Gasteiger partial charge is 0.338 e. The van der Waals surface area contributed by atoms with Crippen LogP contribution in [0.25, 0.3) is 10.9 Å². The number of pyridine rings is 1. The summed E-state index contributed by atoms with van der Waals surface area (Å²) in [6, 6.07) is 10.4. The summed E-state index contributed by atoms with van der Waals surface area (Å²) in [5.74, 6) is 2.59. The second kappa shape index (κ2) is 7.14. The molecule has 1 amide bonds. The number of hydrogen-bond acceptors (Lipinski definition) is 3. The van der Waals surface area contributed by atoms with Gasteiger partial charge in [0.25, 0.3) is 5.91 Å². The van der Waals surface area contributed by atoms with Gasteiger partial charge in [0.2, 0.25) is 0 Å². The molecule has 1 aliphatic rings. The van der Waals surface area contributed by atoms with Crippen LogP contribution in [0.5, 0.6) is 0 Å². The minimum atomic E-state index is 0.0453. The average Bonchev–Trinajstić information content (AvgIpc) is 3.02. The molecule has 1 aliphatic heterocycles. The lowest BCUT2D eigenvalue weighted by atomic mass is 9.97. The van der Waals surface area contributed by atoms with Crippen molar-refractivity contribution < 1.29 is 4.79 Å². The van der Waals surface area contributed by atoms with Crippen LogP contribution in [-0.4, -0.2) is 45.9 Å². The fourth-order valence-corrected chi connectivity index (χ4v) is 3.92. The van der Waals surface area contributed by atoms with E-state index >= 15 is 0 Å². The maximum absolute atomic E-state index is 13.2. The van der Waals surface area contributed by atoms with E-state index in [1.165, 1.54) is 16.7 Å². The summed E-state index contributed by atoms with van der Waals surface area (Å²) in [7, 11) is 6.05. The van der Waals surface area contributed by atoms with Gasteiger partial charge in [-0.05, 0) is 49.3 Å². The van der Waals surface area contributed by atoms with E-state index in [4.69, 9.17) is 6.42 Å².